The Morgan fingerprint density at radius 1 is 1.22 bits per heavy atom. The van der Waals surface area contributed by atoms with Crippen molar-refractivity contribution in [1.29, 1.82) is 0 Å². The van der Waals surface area contributed by atoms with Crippen molar-refractivity contribution >= 4 is 34.5 Å². The second-order valence-electron chi connectivity index (χ2n) is 10.5. The van der Waals surface area contributed by atoms with Gasteiger partial charge in [0, 0.05) is 29.8 Å². The molecule has 1 spiro atoms. The zero-order valence-corrected chi connectivity index (χ0v) is 20.8. The first-order valence-corrected chi connectivity index (χ1v) is 12.7. The summed E-state index contributed by atoms with van der Waals surface area (Å²) >= 11 is 0. The summed E-state index contributed by atoms with van der Waals surface area (Å²) in [5, 5.41) is 3.63. The summed E-state index contributed by atoms with van der Waals surface area (Å²) in [5.74, 6) is -0.663. The van der Waals surface area contributed by atoms with Crippen LogP contribution in [0.4, 0.5) is 0 Å². The number of likely N-dealkylation sites (tertiary alicyclic amines) is 1. The zero-order chi connectivity index (χ0) is 25.4. The first-order valence-electron chi connectivity index (χ1n) is 12.7. The maximum absolute atomic E-state index is 13.7. The first-order chi connectivity index (χ1) is 17.3. The number of Topliss-reactive ketones (excluding diaryl/α,β-unsaturated/α-hetero) is 1. The number of methoxy groups -OCH3 is 2. The fourth-order valence-corrected chi connectivity index (χ4v) is 6.16. The fourth-order valence-electron chi connectivity index (χ4n) is 6.16. The summed E-state index contributed by atoms with van der Waals surface area (Å²) in [6.45, 7) is 0.500. The second-order valence-corrected chi connectivity index (χ2v) is 10.5. The number of aromatic nitrogens is 1. The van der Waals surface area contributed by atoms with Gasteiger partial charge in [-0.15, -0.1) is 0 Å². The molecule has 0 unspecified atom stereocenters. The SMILES string of the molecule is COC(=O)[C@H](C[C@@H]1CCCC1=O)NC(=O)[C@@H]1CC2(CCC2)CN1C(=O)c1cc2c(OC)cccc2[nH]1. The number of aromatic amines is 1. The van der Waals surface area contributed by atoms with E-state index in [-0.39, 0.29) is 35.4 Å². The van der Waals surface area contributed by atoms with Gasteiger partial charge in [-0.25, -0.2) is 4.79 Å². The van der Waals surface area contributed by atoms with Crippen molar-refractivity contribution in [2.75, 3.05) is 20.8 Å². The maximum Gasteiger partial charge on any atom is 0.328 e. The maximum atomic E-state index is 13.7. The molecule has 192 valence electrons. The number of ketones is 1. The molecule has 3 fully saturated rings. The standard InChI is InChI=1S/C27H33N3O6/c1-35-23-9-4-7-18-17(23)13-19(28-18)25(33)30-15-27(10-5-11-27)14-21(30)24(32)29-20(26(34)36-2)12-16-6-3-8-22(16)31/h4,7,9,13,16,20-21,28H,3,5-6,8,10-12,14-15H2,1-2H3,(H,29,32)/t16-,20-,21-/m0/s1. The van der Waals surface area contributed by atoms with E-state index in [0.29, 0.717) is 37.3 Å². The van der Waals surface area contributed by atoms with Crippen molar-refractivity contribution in [3.8, 4) is 5.75 Å². The van der Waals surface area contributed by atoms with Crippen molar-refractivity contribution in [3.05, 3.63) is 30.0 Å². The molecule has 1 aliphatic heterocycles. The quantitative estimate of drug-likeness (QED) is 0.571. The lowest BCUT2D eigenvalue weighted by molar-refractivity contribution is -0.146. The van der Waals surface area contributed by atoms with Crippen molar-refractivity contribution in [2.45, 2.75) is 63.5 Å². The third-order valence-corrected chi connectivity index (χ3v) is 8.31. The lowest BCUT2D eigenvalue weighted by Gasteiger charge is -2.37. The topological polar surface area (TPSA) is 118 Å². The van der Waals surface area contributed by atoms with Crippen LogP contribution in [0.1, 0.15) is 61.9 Å². The van der Waals surface area contributed by atoms with E-state index in [1.54, 1.807) is 18.1 Å². The lowest BCUT2D eigenvalue weighted by atomic mass is 9.67. The van der Waals surface area contributed by atoms with Crippen LogP contribution >= 0.6 is 0 Å². The van der Waals surface area contributed by atoms with Crippen LogP contribution in [0, 0.1) is 11.3 Å². The number of rotatable bonds is 7. The predicted octanol–water partition coefficient (Wildman–Crippen LogP) is 2.98. The van der Waals surface area contributed by atoms with E-state index in [2.05, 4.69) is 10.3 Å². The van der Waals surface area contributed by atoms with Gasteiger partial charge in [0.25, 0.3) is 5.91 Å². The van der Waals surface area contributed by atoms with Gasteiger partial charge in [-0.3, -0.25) is 14.4 Å². The number of ether oxygens (including phenoxy) is 2. The molecule has 1 aromatic carbocycles. The molecule has 2 N–H and O–H groups in total. The highest BCUT2D eigenvalue weighted by Crippen LogP contribution is 2.50. The number of amides is 2. The van der Waals surface area contributed by atoms with Gasteiger partial charge in [0.1, 0.15) is 29.3 Å². The Balaban J connectivity index is 1.38. The number of hydrogen-bond acceptors (Lipinski definition) is 6. The molecule has 5 rings (SSSR count). The monoisotopic (exact) mass is 495 g/mol. The second kappa shape index (κ2) is 9.59. The van der Waals surface area contributed by atoms with E-state index >= 15 is 0 Å². The molecule has 9 nitrogen and oxygen atoms in total. The van der Waals surface area contributed by atoms with Crippen LogP contribution in [0.25, 0.3) is 10.9 Å². The number of carbonyl (C=O) groups excluding carboxylic acids is 4. The summed E-state index contributed by atoms with van der Waals surface area (Å²) in [7, 11) is 2.86. The molecule has 9 heteroatoms. The van der Waals surface area contributed by atoms with Crippen LogP contribution in [0.5, 0.6) is 5.75 Å². The van der Waals surface area contributed by atoms with Crippen LogP contribution in [0.3, 0.4) is 0 Å². The minimum absolute atomic E-state index is 0.0659. The van der Waals surface area contributed by atoms with Gasteiger partial charge in [0.15, 0.2) is 0 Å². The first kappa shape index (κ1) is 24.3. The van der Waals surface area contributed by atoms with Gasteiger partial charge < -0.3 is 24.7 Å². The molecule has 2 saturated carbocycles. The fraction of sp³-hybridized carbons (Fsp3) is 0.556. The van der Waals surface area contributed by atoms with Crippen LogP contribution in [0.2, 0.25) is 0 Å². The molecule has 2 aliphatic carbocycles. The van der Waals surface area contributed by atoms with Crippen molar-refractivity contribution < 1.29 is 28.7 Å². The van der Waals surface area contributed by atoms with Crippen LogP contribution in [-0.4, -0.2) is 66.3 Å². The normalized spacial score (nSPS) is 23.5. The number of H-pyrrole nitrogens is 1. The van der Waals surface area contributed by atoms with Crippen LogP contribution in [0.15, 0.2) is 24.3 Å². The number of hydrogen-bond donors (Lipinski definition) is 2. The predicted molar refractivity (Wildman–Crippen MR) is 131 cm³/mol. The minimum atomic E-state index is -0.915. The minimum Gasteiger partial charge on any atom is -0.496 e. The molecular formula is C27H33N3O6. The average molecular weight is 496 g/mol. The molecule has 0 bridgehead atoms. The third kappa shape index (κ3) is 4.35. The number of nitrogens with one attached hydrogen (secondary N) is 2. The smallest absolute Gasteiger partial charge is 0.328 e. The molecule has 3 atom stereocenters. The number of esters is 1. The van der Waals surface area contributed by atoms with E-state index < -0.39 is 18.1 Å². The summed E-state index contributed by atoms with van der Waals surface area (Å²) in [5.41, 5.74) is 1.11. The van der Waals surface area contributed by atoms with Gasteiger partial charge in [-0.05, 0) is 62.1 Å². The Bertz CT molecular complexity index is 1200. The largest absolute Gasteiger partial charge is 0.496 e. The zero-order valence-electron chi connectivity index (χ0n) is 20.8. The highest BCUT2D eigenvalue weighted by atomic mass is 16.5. The van der Waals surface area contributed by atoms with Gasteiger partial charge in [0.2, 0.25) is 5.91 Å². The molecule has 3 aliphatic rings. The highest BCUT2D eigenvalue weighted by molar-refractivity contribution is 6.02. The summed E-state index contributed by atoms with van der Waals surface area (Å²) in [4.78, 5) is 56.7. The van der Waals surface area contributed by atoms with Crippen LogP contribution < -0.4 is 10.1 Å². The number of benzene rings is 1. The van der Waals surface area contributed by atoms with Crippen molar-refractivity contribution in [3.63, 3.8) is 0 Å². The number of fused-ring (bicyclic) bond motifs is 1. The molecular weight excluding hydrogens is 462 g/mol. The summed E-state index contributed by atoms with van der Waals surface area (Å²) < 4.78 is 10.4. The van der Waals surface area contributed by atoms with Gasteiger partial charge in [0.05, 0.1) is 14.2 Å². The molecule has 2 heterocycles. The number of carbonyl (C=O) groups is 4. The lowest BCUT2D eigenvalue weighted by Crippen LogP contribution is -2.51. The van der Waals surface area contributed by atoms with Gasteiger partial charge >= 0.3 is 5.97 Å². The summed E-state index contributed by atoms with van der Waals surface area (Å²) in [6, 6.07) is 5.71. The molecule has 1 aromatic heterocycles. The summed E-state index contributed by atoms with van der Waals surface area (Å²) in [6.07, 6.45) is 5.83. The van der Waals surface area contributed by atoms with E-state index in [4.69, 9.17) is 9.47 Å². The third-order valence-electron chi connectivity index (χ3n) is 8.31. The van der Waals surface area contributed by atoms with E-state index in [9.17, 15) is 19.2 Å². The van der Waals surface area contributed by atoms with Gasteiger partial charge in [-0.2, -0.15) is 0 Å². The molecule has 2 amide bonds. The Morgan fingerprint density at radius 3 is 2.67 bits per heavy atom. The van der Waals surface area contributed by atoms with Crippen molar-refractivity contribution in [1.82, 2.24) is 15.2 Å². The molecule has 36 heavy (non-hydrogen) atoms. The van der Waals surface area contributed by atoms with E-state index in [0.717, 1.165) is 36.6 Å². The van der Waals surface area contributed by atoms with E-state index in [1.807, 2.05) is 18.2 Å². The molecule has 1 saturated heterocycles. The van der Waals surface area contributed by atoms with E-state index in [1.165, 1.54) is 7.11 Å². The molecule has 0 radical (unpaired) electrons. The number of nitrogens with zero attached hydrogens (tertiary/aromatic N) is 1. The van der Waals surface area contributed by atoms with Crippen LogP contribution in [-0.2, 0) is 19.1 Å². The highest BCUT2D eigenvalue weighted by Gasteiger charge is 2.52. The van der Waals surface area contributed by atoms with Gasteiger partial charge in [-0.1, -0.05) is 12.5 Å². The Labute approximate surface area is 209 Å². The molecule has 2 aromatic rings. The van der Waals surface area contributed by atoms with Crippen molar-refractivity contribution in [2.24, 2.45) is 11.3 Å². The average Bonchev–Trinajstić information content (AvgIpc) is 3.59. The Kier molecular flexibility index (Phi) is 6.49. The Morgan fingerprint density at radius 2 is 2.03 bits per heavy atom. The Hall–Kier alpha value is -3.36.